The zero-order valence-corrected chi connectivity index (χ0v) is 17.1. The summed E-state index contributed by atoms with van der Waals surface area (Å²) in [7, 11) is -3.45. The number of amides is 2. The lowest BCUT2D eigenvalue weighted by Gasteiger charge is -2.31. The van der Waals surface area contributed by atoms with E-state index in [1.54, 1.807) is 22.7 Å². The average Bonchev–Trinajstić information content (AvgIpc) is 3.11. The Morgan fingerprint density at radius 1 is 1.21 bits per heavy atom. The van der Waals surface area contributed by atoms with E-state index in [1.165, 1.54) is 24.4 Å². The number of halogens is 1. The van der Waals surface area contributed by atoms with Crippen molar-refractivity contribution in [2.75, 3.05) is 24.7 Å². The van der Waals surface area contributed by atoms with E-state index >= 15 is 0 Å². The number of benzene rings is 1. The Labute approximate surface area is 168 Å². The summed E-state index contributed by atoms with van der Waals surface area (Å²) < 4.78 is 25.2. The summed E-state index contributed by atoms with van der Waals surface area (Å²) >= 11 is 5.97. The molecule has 1 aromatic heterocycles. The van der Waals surface area contributed by atoms with Crippen molar-refractivity contribution in [3.05, 3.63) is 41.2 Å². The third kappa shape index (κ3) is 4.71. The van der Waals surface area contributed by atoms with Gasteiger partial charge in [0.25, 0.3) is 5.91 Å². The van der Waals surface area contributed by atoms with Crippen LogP contribution in [0.15, 0.2) is 35.5 Å². The second-order valence-electron chi connectivity index (χ2n) is 6.85. The van der Waals surface area contributed by atoms with Crippen LogP contribution in [0, 0.1) is 0 Å². The molecule has 10 heteroatoms. The first-order chi connectivity index (χ1) is 13.1. The van der Waals surface area contributed by atoms with Crippen molar-refractivity contribution in [3.63, 3.8) is 0 Å². The highest BCUT2D eigenvalue weighted by atomic mass is 35.5. The summed E-state index contributed by atoms with van der Waals surface area (Å²) in [5.74, 6) is -0.344. The maximum Gasteiger partial charge on any atom is 0.258 e. The third-order valence-corrected chi connectivity index (χ3v) is 6.02. The van der Waals surface area contributed by atoms with Gasteiger partial charge in [-0.1, -0.05) is 11.6 Å². The van der Waals surface area contributed by atoms with Gasteiger partial charge in [-0.05, 0) is 31.0 Å². The van der Waals surface area contributed by atoms with Crippen LogP contribution < -0.4 is 5.32 Å². The van der Waals surface area contributed by atoms with Crippen LogP contribution in [0.2, 0.25) is 5.02 Å². The normalized spacial score (nSPS) is 15.5. The monoisotopic (exact) mass is 424 g/mol. The van der Waals surface area contributed by atoms with Crippen molar-refractivity contribution in [2.24, 2.45) is 0 Å². The zero-order chi connectivity index (χ0) is 20.5. The van der Waals surface area contributed by atoms with Crippen LogP contribution >= 0.6 is 11.6 Å². The largest absolute Gasteiger partial charge is 0.343 e. The van der Waals surface area contributed by atoms with Gasteiger partial charge in [-0.15, -0.1) is 0 Å². The Morgan fingerprint density at radius 3 is 2.50 bits per heavy atom. The van der Waals surface area contributed by atoms with Gasteiger partial charge in [0.05, 0.1) is 22.7 Å². The summed E-state index contributed by atoms with van der Waals surface area (Å²) in [6, 6.07) is 4.30. The average molecular weight is 425 g/mol. The van der Waals surface area contributed by atoms with E-state index in [9.17, 15) is 18.0 Å². The first-order valence-corrected chi connectivity index (χ1v) is 11.0. The van der Waals surface area contributed by atoms with Crippen LogP contribution in [0.3, 0.4) is 0 Å². The van der Waals surface area contributed by atoms with Crippen LogP contribution in [-0.4, -0.2) is 54.3 Å². The van der Waals surface area contributed by atoms with Crippen LogP contribution in [0.4, 0.5) is 5.69 Å². The Hall–Kier alpha value is -2.39. The highest BCUT2D eigenvalue weighted by Gasteiger charge is 2.23. The number of rotatable bonds is 4. The van der Waals surface area contributed by atoms with E-state index in [4.69, 9.17) is 11.6 Å². The highest BCUT2D eigenvalue weighted by Crippen LogP contribution is 2.24. The second kappa shape index (κ2) is 7.92. The van der Waals surface area contributed by atoms with E-state index in [-0.39, 0.29) is 21.9 Å². The number of hydrogen-bond acceptors (Lipinski definition) is 5. The number of carbonyl (C=O) groups excluding carboxylic acids is 2. The van der Waals surface area contributed by atoms with Gasteiger partial charge in [-0.3, -0.25) is 14.3 Å². The molecular formula is C18H21ClN4O4S. The van der Waals surface area contributed by atoms with Crippen molar-refractivity contribution in [3.8, 4) is 0 Å². The summed E-state index contributed by atoms with van der Waals surface area (Å²) in [5, 5.41) is 7.15. The van der Waals surface area contributed by atoms with Crippen molar-refractivity contribution < 1.29 is 18.0 Å². The van der Waals surface area contributed by atoms with E-state index in [0.29, 0.717) is 24.3 Å². The predicted octanol–water partition coefficient (Wildman–Crippen LogP) is 2.38. The van der Waals surface area contributed by atoms with Crippen LogP contribution in [-0.2, 0) is 14.6 Å². The molecule has 0 radical (unpaired) electrons. The molecule has 1 fully saturated rings. The van der Waals surface area contributed by atoms with Crippen molar-refractivity contribution in [1.82, 2.24) is 14.7 Å². The molecule has 8 nitrogen and oxygen atoms in total. The molecule has 0 bridgehead atoms. The fourth-order valence-corrected chi connectivity index (χ4v) is 4.13. The van der Waals surface area contributed by atoms with Gasteiger partial charge in [0.15, 0.2) is 9.84 Å². The van der Waals surface area contributed by atoms with E-state index in [0.717, 1.165) is 19.1 Å². The van der Waals surface area contributed by atoms with E-state index in [1.807, 2.05) is 0 Å². The predicted molar refractivity (Wildman–Crippen MR) is 105 cm³/mol. The van der Waals surface area contributed by atoms with E-state index < -0.39 is 15.7 Å². The number of nitrogens with one attached hydrogen (secondary N) is 1. The molecule has 2 heterocycles. The van der Waals surface area contributed by atoms with Gasteiger partial charge in [0.2, 0.25) is 5.91 Å². The summed E-state index contributed by atoms with van der Waals surface area (Å²) in [6.45, 7) is 2.89. The summed E-state index contributed by atoms with van der Waals surface area (Å²) in [4.78, 5) is 25.8. The molecule has 1 saturated heterocycles. The minimum Gasteiger partial charge on any atom is -0.343 e. The SMILES string of the molecule is CC(=O)N1CCC(n2cc(C(=O)Nc3cc(Cl)cc(S(C)(=O)=O)c3)cn2)CC1. The maximum absolute atomic E-state index is 12.5. The quantitative estimate of drug-likeness (QED) is 0.811. The van der Waals surface area contributed by atoms with Crippen molar-refractivity contribution in [2.45, 2.75) is 30.7 Å². The lowest BCUT2D eigenvalue weighted by atomic mass is 10.1. The molecule has 0 atom stereocenters. The molecule has 0 aliphatic carbocycles. The molecule has 28 heavy (non-hydrogen) atoms. The zero-order valence-electron chi connectivity index (χ0n) is 15.6. The van der Waals surface area contributed by atoms with Gasteiger partial charge in [-0.2, -0.15) is 5.10 Å². The molecule has 150 valence electrons. The number of hydrogen-bond donors (Lipinski definition) is 1. The summed E-state index contributed by atoms with van der Waals surface area (Å²) in [5.41, 5.74) is 0.648. The highest BCUT2D eigenvalue weighted by molar-refractivity contribution is 7.90. The van der Waals surface area contributed by atoms with Crippen molar-refractivity contribution in [1.29, 1.82) is 0 Å². The molecule has 1 N–H and O–H groups in total. The molecular weight excluding hydrogens is 404 g/mol. The topological polar surface area (TPSA) is 101 Å². The molecule has 1 aliphatic rings. The standard InChI is InChI=1S/C18H21ClN4O4S/c1-12(24)22-5-3-16(4-6-22)23-11-13(10-20-23)18(25)21-15-7-14(19)8-17(9-15)28(2,26)27/h7-11,16H,3-6H2,1-2H3,(H,21,25). The van der Waals surface area contributed by atoms with Crippen LogP contribution in [0.25, 0.3) is 0 Å². The smallest absolute Gasteiger partial charge is 0.258 e. The Kier molecular flexibility index (Phi) is 5.76. The molecule has 2 amide bonds. The number of anilines is 1. The number of carbonyl (C=O) groups is 2. The molecule has 0 spiro atoms. The van der Waals surface area contributed by atoms with Gasteiger partial charge >= 0.3 is 0 Å². The van der Waals surface area contributed by atoms with Crippen LogP contribution in [0.1, 0.15) is 36.2 Å². The number of likely N-dealkylation sites (tertiary alicyclic amines) is 1. The van der Waals surface area contributed by atoms with Crippen LogP contribution in [0.5, 0.6) is 0 Å². The van der Waals surface area contributed by atoms with Gasteiger partial charge in [0.1, 0.15) is 0 Å². The lowest BCUT2D eigenvalue weighted by Crippen LogP contribution is -2.37. The first-order valence-electron chi connectivity index (χ1n) is 8.75. The minimum absolute atomic E-state index is 0.0308. The first kappa shape index (κ1) is 20.3. The lowest BCUT2D eigenvalue weighted by molar-refractivity contribution is -0.130. The molecule has 0 saturated carbocycles. The molecule has 0 unspecified atom stereocenters. The number of nitrogens with zero attached hydrogens (tertiary/aromatic N) is 3. The molecule has 1 aromatic carbocycles. The molecule has 3 rings (SSSR count). The number of aromatic nitrogens is 2. The number of piperidine rings is 1. The van der Waals surface area contributed by atoms with Gasteiger partial charge in [-0.25, -0.2) is 8.42 Å². The second-order valence-corrected chi connectivity index (χ2v) is 9.30. The van der Waals surface area contributed by atoms with Gasteiger partial charge < -0.3 is 10.2 Å². The maximum atomic E-state index is 12.5. The molecule has 1 aliphatic heterocycles. The minimum atomic E-state index is -3.45. The fourth-order valence-electron chi connectivity index (χ4n) is 3.15. The Balaban J connectivity index is 1.70. The molecule has 2 aromatic rings. The Morgan fingerprint density at radius 2 is 1.89 bits per heavy atom. The summed E-state index contributed by atoms with van der Waals surface area (Å²) in [6.07, 6.45) is 5.74. The Bertz CT molecular complexity index is 1010. The fraction of sp³-hybridized carbons (Fsp3) is 0.389. The van der Waals surface area contributed by atoms with Gasteiger partial charge in [0, 0.05) is 43.2 Å². The number of sulfone groups is 1. The van der Waals surface area contributed by atoms with Crippen molar-refractivity contribution >= 4 is 38.9 Å². The third-order valence-electron chi connectivity index (χ3n) is 4.70. The van der Waals surface area contributed by atoms with E-state index in [2.05, 4.69) is 10.4 Å².